The molecule has 1 N–H and O–H groups in total. The van der Waals surface area contributed by atoms with Crippen LogP contribution >= 0.6 is 0 Å². The third-order valence-corrected chi connectivity index (χ3v) is 4.86. The SMILES string of the molecule is CC1C(O)[C@H]2CC1N(C1(C#N)CCCCC1)O2. The van der Waals surface area contributed by atoms with Gasteiger partial charge in [0.2, 0.25) is 0 Å². The Bertz CT molecular complexity index is 344. The molecule has 4 nitrogen and oxygen atoms in total. The van der Waals surface area contributed by atoms with Gasteiger partial charge >= 0.3 is 0 Å². The Morgan fingerprint density at radius 2 is 2.06 bits per heavy atom. The summed E-state index contributed by atoms with van der Waals surface area (Å²) < 4.78 is 0. The lowest BCUT2D eigenvalue weighted by Gasteiger charge is -2.44. The summed E-state index contributed by atoms with van der Waals surface area (Å²) in [5.41, 5.74) is -0.425. The highest BCUT2D eigenvalue weighted by atomic mass is 16.7. The summed E-state index contributed by atoms with van der Waals surface area (Å²) >= 11 is 0. The van der Waals surface area contributed by atoms with Crippen LogP contribution in [0.15, 0.2) is 0 Å². The van der Waals surface area contributed by atoms with E-state index < -0.39 is 5.54 Å². The van der Waals surface area contributed by atoms with Crippen LogP contribution in [0.5, 0.6) is 0 Å². The molecule has 4 heteroatoms. The lowest BCUT2D eigenvalue weighted by atomic mass is 9.81. The van der Waals surface area contributed by atoms with E-state index in [-0.39, 0.29) is 24.2 Å². The first-order valence-electron chi connectivity index (χ1n) is 6.73. The van der Waals surface area contributed by atoms with Crippen molar-refractivity contribution in [2.24, 2.45) is 5.92 Å². The molecule has 1 aliphatic heterocycles. The molecule has 3 unspecified atom stereocenters. The number of hydroxylamine groups is 2. The maximum Gasteiger partial charge on any atom is 0.133 e. The van der Waals surface area contributed by atoms with E-state index in [0.717, 1.165) is 32.1 Å². The zero-order valence-electron chi connectivity index (χ0n) is 10.3. The second-order valence-electron chi connectivity index (χ2n) is 5.83. The zero-order valence-corrected chi connectivity index (χ0v) is 10.3. The number of nitriles is 1. The van der Waals surface area contributed by atoms with Gasteiger partial charge in [-0.25, -0.2) is 0 Å². The molecule has 4 atom stereocenters. The quantitative estimate of drug-likeness (QED) is 0.751. The van der Waals surface area contributed by atoms with Crippen molar-refractivity contribution in [3.63, 3.8) is 0 Å². The molecule has 2 bridgehead atoms. The van der Waals surface area contributed by atoms with Crippen molar-refractivity contribution in [2.45, 2.75) is 69.2 Å². The largest absolute Gasteiger partial charge is 0.390 e. The fourth-order valence-electron chi connectivity index (χ4n) is 3.73. The molecule has 17 heavy (non-hydrogen) atoms. The Morgan fingerprint density at radius 1 is 1.35 bits per heavy atom. The Kier molecular flexibility index (Phi) is 2.66. The number of rotatable bonds is 1. The van der Waals surface area contributed by atoms with Crippen molar-refractivity contribution in [3.05, 3.63) is 0 Å². The van der Waals surface area contributed by atoms with E-state index in [1.807, 2.05) is 5.06 Å². The standard InChI is InChI=1S/C13H20N2O2/c1-9-10-7-11(12(9)16)17-15(10)13(8-14)5-3-2-4-6-13/h9-12,16H,2-7H2,1H3/t9?,10?,11-,12?/m1/s1. The van der Waals surface area contributed by atoms with Crippen LogP contribution in [0, 0.1) is 17.2 Å². The highest BCUT2D eigenvalue weighted by molar-refractivity contribution is 5.13. The van der Waals surface area contributed by atoms with Gasteiger partial charge in [-0.1, -0.05) is 26.2 Å². The minimum Gasteiger partial charge on any atom is -0.390 e. The smallest absolute Gasteiger partial charge is 0.133 e. The molecule has 3 aliphatic rings. The molecule has 0 aromatic rings. The van der Waals surface area contributed by atoms with E-state index in [4.69, 9.17) is 4.84 Å². The fourth-order valence-corrected chi connectivity index (χ4v) is 3.73. The van der Waals surface area contributed by atoms with Crippen molar-refractivity contribution in [2.75, 3.05) is 0 Å². The van der Waals surface area contributed by atoms with Crippen molar-refractivity contribution in [3.8, 4) is 6.07 Å². The molecule has 3 fully saturated rings. The van der Waals surface area contributed by atoms with Crippen molar-refractivity contribution < 1.29 is 9.94 Å². The average Bonchev–Trinajstić information content (AvgIpc) is 2.92. The maximum atomic E-state index is 9.93. The summed E-state index contributed by atoms with van der Waals surface area (Å²) in [7, 11) is 0. The molecule has 2 saturated carbocycles. The van der Waals surface area contributed by atoms with E-state index >= 15 is 0 Å². The van der Waals surface area contributed by atoms with E-state index in [0.29, 0.717) is 0 Å². The molecular weight excluding hydrogens is 216 g/mol. The normalized spacial score (nSPS) is 44.8. The third-order valence-electron chi connectivity index (χ3n) is 4.86. The molecule has 0 aromatic heterocycles. The van der Waals surface area contributed by atoms with Gasteiger partial charge in [0.1, 0.15) is 11.6 Å². The number of nitrogens with zero attached hydrogens (tertiary/aromatic N) is 2. The molecule has 94 valence electrons. The topological polar surface area (TPSA) is 56.5 Å². The summed E-state index contributed by atoms with van der Waals surface area (Å²) in [5.74, 6) is 0.223. The number of aliphatic hydroxyl groups excluding tert-OH is 1. The van der Waals surface area contributed by atoms with Crippen LogP contribution in [-0.2, 0) is 4.84 Å². The maximum absolute atomic E-state index is 9.93. The number of hydrogen-bond donors (Lipinski definition) is 1. The first kappa shape index (κ1) is 11.5. The molecule has 0 spiro atoms. The Morgan fingerprint density at radius 3 is 2.59 bits per heavy atom. The first-order valence-corrected chi connectivity index (χ1v) is 6.73. The minimum absolute atomic E-state index is 0.0813. The second kappa shape index (κ2) is 3.94. The first-order chi connectivity index (χ1) is 8.18. The van der Waals surface area contributed by atoms with Gasteiger partial charge in [0, 0.05) is 12.0 Å². The van der Waals surface area contributed by atoms with Gasteiger partial charge < -0.3 is 5.11 Å². The molecule has 1 heterocycles. The Hall–Kier alpha value is -0.630. The van der Waals surface area contributed by atoms with Crippen LogP contribution in [0.4, 0.5) is 0 Å². The van der Waals surface area contributed by atoms with Gasteiger partial charge in [-0.3, -0.25) is 4.84 Å². The lowest BCUT2D eigenvalue weighted by Crippen LogP contribution is -2.56. The molecule has 2 aliphatic carbocycles. The monoisotopic (exact) mass is 236 g/mol. The van der Waals surface area contributed by atoms with Gasteiger partial charge in [-0.2, -0.15) is 10.3 Å². The number of fused-ring (bicyclic) bond motifs is 2. The molecule has 0 aromatic carbocycles. The summed E-state index contributed by atoms with van der Waals surface area (Å²) in [4.78, 5) is 5.84. The second-order valence-corrected chi connectivity index (χ2v) is 5.83. The minimum atomic E-state index is -0.425. The number of hydrogen-bond acceptors (Lipinski definition) is 4. The van der Waals surface area contributed by atoms with Crippen LogP contribution in [0.1, 0.15) is 45.4 Å². The average molecular weight is 236 g/mol. The fraction of sp³-hybridized carbons (Fsp3) is 0.923. The molecule has 0 amide bonds. The van der Waals surface area contributed by atoms with Crippen LogP contribution < -0.4 is 0 Å². The Labute approximate surface area is 102 Å². The predicted octanol–water partition coefficient (Wildman–Crippen LogP) is 1.60. The van der Waals surface area contributed by atoms with Gasteiger partial charge in [-0.15, -0.1) is 0 Å². The summed E-state index contributed by atoms with van der Waals surface area (Å²) in [5, 5.41) is 21.4. The highest BCUT2D eigenvalue weighted by Crippen LogP contribution is 2.46. The van der Waals surface area contributed by atoms with E-state index in [1.54, 1.807) is 0 Å². The van der Waals surface area contributed by atoms with Crippen molar-refractivity contribution in [1.82, 2.24) is 5.06 Å². The summed E-state index contributed by atoms with van der Waals surface area (Å²) in [6.07, 6.45) is 5.72. The number of aliphatic hydroxyl groups is 1. The van der Waals surface area contributed by atoms with Crippen LogP contribution in [0.3, 0.4) is 0 Å². The van der Waals surface area contributed by atoms with Gasteiger partial charge in [0.05, 0.1) is 12.2 Å². The lowest BCUT2D eigenvalue weighted by molar-refractivity contribution is -0.270. The van der Waals surface area contributed by atoms with Gasteiger partial charge in [0.25, 0.3) is 0 Å². The zero-order chi connectivity index (χ0) is 12.0. The third kappa shape index (κ3) is 1.53. The van der Waals surface area contributed by atoms with Crippen molar-refractivity contribution in [1.29, 1.82) is 5.26 Å². The molecule has 3 rings (SSSR count). The van der Waals surface area contributed by atoms with Crippen LogP contribution in [0.25, 0.3) is 0 Å². The predicted molar refractivity (Wildman–Crippen MR) is 61.7 cm³/mol. The van der Waals surface area contributed by atoms with Gasteiger partial charge in [0.15, 0.2) is 0 Å². The van der Waals surface area contributed by atoms with Gasteiger partial charge in [-0.05, 0) is 19.3 Å². The van der Waals surface area contributed by atoms with Crippen molar-refractivity contribution >= 4 is 0 Å². The highest BCUT2D eigenvalue weighted by Gasteiger charge is 2.57. The van der Waals surface area contributed by atoms with E-state index in [2.05, 4.69) is 13.0 Å². The molecule has 0 radical (unpaired) electrons. The van der Waals surface area contributed by atoms with E-state index in [1.165, 1.54) is 6.42 Å². The summed E-state index contributed by atoms with van der Waals surface area (Å²) in [6.45, 7) is 2.07. The Balaban J connectivity index is 1.83. The molecule has 1 saturated heterocycles. The van der Waals surface area contributed by atoms with Crippen LogP contribution in [-0.4, -0.2) is 34.0 Å². The van der Waals surface area contributed by atoms with E-state index in [9.17, 15) is 10.4 Å². The molecular formula is C13H20N2O2. The summed E-state index contributed by atoms with van der Waals surface area (Å²) in [6, 6.07) is 2.73. The van der Waals surface area contributed by atoms with Crippen LogP contribution in [0.2, 0.25) is 0 Å².